The second kappa shape index (κ2) is 6.38. The molecule has 25 heavy (non-hydrogen) atoms. The van der Waals surface area contributed by atoms with Crippen molar-refractivity contribution < 1.29 is 19.1 Å². The third-order valence-electron chi connectivity index (χ3n) is 4.56. The van der Waals surface area contributed by atoms with Gasteiger partial charge in [0.25, 0.3) is 5.91 Å². The third kappa shape index (κ3) is 3.60. The highest BCUT2D eigenvalue weighted by Crippen LogP contribution is 2.29. The predicted octanol–water partition coefficient (Wildman–Crippen LogP) is 1.52. The first-order valence-electron chi connectivity index (χ1n) is 8.38. The van der Waals surface area contributed by atoms with Gasteiger partial charge in [0.2, 0.25) is 5.91 Å². The number of imide groups is 1. The fourth-order valence-electron chi connectivity index (χ4n) is 2.92. The van der Waals surface area contributed by atoms with E-state index in [1.165, 1.54) is 0 Å². The molecule has 2 fully saturated rings. The molecule has 4 amide bonds. The Morgan fingerprint density at radius 2 is 1.92 bits per heavy atom. The normalized spacial score (nSPS) is 18.9. The van der Waals surface area contributed by atoms with Crippen molar-refractivity contribution in [3.63, 3.8) is 0 Å². The van der Waals surface area contributed by atoms with Crippen LogP contribution in [0.15, 0.2) is 24.3 Å². The molecule has 3 rings (SSSR count). The molecule has 0 spiro atoms. The van der Waals surface area contributed by atoms with Gasteiger partial charge in [-0.25, -0.2) is 4.79 Å². The first kappa shape index (κ1) is 17.3. The standard InChI is InChI=1S/C18H23N3O4/c1-18(2)16(23)21(17(24)19-18)11-15(22)20(13-6-7-13)10-12-4-8-14(25-3)9-5-12/h4-5,8-9,13H,6-7,10-11H2,1-3H3,(H,19,24). The smallest absolute Gasteiger partial charge is 0.325 e. The number of methoxy groups -OCH3 is 1. The summed E-state index contributed by atoms with van der Waals surface area (Å²) in [6, 6.07) is 7.21. The first-order chi connectivity index (χ1) is 11.8. The molecule has 1 saturated heterocycles. The molecular formula is C18H23N3O4. The van der Waals surface area contributed by atoms with E-state index in [0.717, 1.165) is 29.1 Å². The summed E-state index contributed by atoms with van der Waals surface area (Å²) in [5.41, 5.74) is 0.0242. The maximum Gasteiger partial charge on any atom is 0.325 e. The first-order valence-corrected chi connectivity index (χ1v) is 8.38. The van der Waals surface area contributed by atoms with Crippen LogP contribution >= 0.6 is 0 Å². The summed E-state index contributed by atoms with van der Waals surface area (Å²) >= 11 is 0. The Bertz CT molecular complexity index is 695. The van der Waals surface area contributed by atoms with Crippen molar-refractivity contribution in [1.29, 1.82) is 0 Å². The van der Waals surface area contributed by atoms with Crippen LogP contribution in [0.1, 0.15) is 32.3 Å². The summed E-state index contributed by atoms with van der Waals surface area (Å²) in [4.78, 5) is 39.8. The minimum Gasteiger partial charge on any atom is -0.497 e. The lowest BCUT2D eigenvalue weighted by Gasteiger charge is -2.25. The van der Waals surface area contributed by atoms with Gasteiger partial charge in [0.15, 0.2) is 0 Å². The maximum atomic E-state index is 12.7. The zero-order valence-electron chi connectivity index (χ0n) is 14.7. The quantitative estimate of drug-likeness (QED) is 0.793. The number of nitrogens with one attached hydrogen (secondary N) is 1. The Balaban J connectivity index is 1.69. The number of carbonyl (C=O) groups is 3. The summed E-state index contributed by atoms with van der Waals surface area (Å²) in [7, 11) is 1.61. The van der Waals surface area contributed by atoms with Crippen molar-refractivity contribution in [2.45, 2.75) is 44.8 Å². The van der Waals surface area contributed by atoms with Crippen LogP contribution < -0.4 is 10.1 Å². The Morgan fingerprint density at radius 1 is 1.28 bits per heavy atom. The summed E-state index contributed by atoms with van der Waals surface area (Å²) in [6.07, 6.45) is 1.90. The maximum absolute atomic E-state index is 12.7. The van der Waals surface area contributed by atoms with E-state index in [2.05, 4.69) is 5.32 Å². The molecule has 134 valence electrons. The van der Waals surface area contributed by atoms with Crippen LogP contribution in [0.3, 0.4) is 0 Å². The van der Waals surface area contributed by atoms with Crippen LogP contribution in [-0.4, -0.2) is 52.9 Å². The van der Waals surface area contributed by atoms with Crippen LogP contribution in [0, 0.1) is 0 Å². The minimum absolute atomic E-state index is 0.184. The number of amides is 4. The van der Waals surface area contributed by atoms with Gasteiger partial charge < -0.3 is 15.0 Å². The summed E-state index contributed by atoms with van der Waals surface area (Å²) in [6.45, 7) is 3.50. The Hall–Kier alpha value is -2.57. The lowest BCUT2D eigenvalue weighted by Crippen LogP contribution is -2.45. The highest BCUT2D eigenvalue weighted by molar-refractivity contribution is 6.08. The highest BCUT2D eigenvalue weighted by Gasteiger charge is 2.46. The Kier molecular flexibility index (Phi) is 4.41. The molecule has 1 aliphatic heterocycles. The molecule has 0 radical (unpaired) electrons. The van der Waals surface area contributed by atoms with Crippen LogP contribution in [0.25, 0.3) is 0 Å². The van der Waals surface area contributed by atoms with Crippen LogP contribution in [0.4, 0.5) is 4.79 Å². The number of carbonyl (C=O) groups excluding carboxylic acids is 3. The summed E-state index contributed by atoms with van der Waals surface area (Å²) in [5, 5.41) is 2.60. The van der Waals surface area contributed by atoms with Crippen molar-refractivity contribution in [2.75, 3.05) is 13.7 Å². The number of hydrogen-bond donors (Lipinski definition) is 1. The molecule has 1 aromatic rings. The lowest BCUT2D eigenvalue weighted by molar-refractivity contribution is -0.139. The number of nitrogens with zero attached hydrogens (tertiary/aromatic N) is 2. The van der Waals surface area contributed by atoms with E-state index in [0.29, 0.717) is 6.54 Å². The molecule has 1 aliphatic carbocycles. The van der Waals surface area contributed by atoms with E-state index < -0.39 is 11.6 Å². The largest absolute Gasteiger partial charge is 0.497 e. The average Bonchev–Trinajstić information content (AvgIpc) is 3.38. The van der Waals surface area contributed by atoms with Gasteiger partial charge in [-0.2, -0.15) is 0 Å². The van der Waals surface area contributed by atoms with Crippen molar-refractivity contribution >= 4 is 17.8 Å². The molecule has 2 aliphatic rings. The zero-order chi connectivity index (χ0) is 18.2. The molecule has 7 heteroatoms. The van der Waals surface area contributed by atoms with Gasteiger partial charge in [-0.3, -0.25) is 14.5 Å². The molecule has 0 unspecified atom stereocenters. The van der Waals surface area contributed by atoms with E-state index in [-0.39, 0.29) is 24.4 Å². The molecule has 1 heterocycles. The SMILES string of the molecule is COc1ccc(CN(C(=O)CN2C(=O)NC(C)(C)C2=O)C2CC2)cc1. The molecule has 7 nitrogen and oxygen atoms in total. The molecule has 1 N–H and O–H groups in total. The highest BCUT2D eigenvalue weighted by atomic mass is 16.5. The molecule has 1 aromatic carbocycles. The zero-order valence-corrected chi connectivity index (χ0v) is 14.7. The van der Waals surface area contributed by atoms with Crippen molar-refractivity contribution in [2.24, 2.45) is 0 Å². The van der Waals surface area contributed by atoms with Crippen LogP contribution in [0.5, 0.6) is 5.75 Å². The van der Waals surface area contributed by atoms with Gasteiger partial charge in [-0.1, -0.05) is 12.1 Å². The van der Waals surface area contributed by atoms with Gasteiger partial charge in [0.1, 0.15) is 17.8 Å². The number of urea groups is 1. The fraction of sp³-hybridized carbons (Fsp3) is 0.500. The Labute approximate surface area is 146 Å². The van der Waals surface area contributed by atoms with E-state index in [4.69, 9.17) is 4.74 Å². The van der Waals surface area contributed by atoms with Gasteiger partial charge >= 0.3 is 6.03 Å². The predicted molar refractivity (Wildman–Crippen MR) is 90.9 cm³/mol. The number of benzene rings is 1. The summed E-state index contributed by atoms with van der Waals surface area (Å²) in [5.74, 6) is 0.181. The van der Waals surface area contributed by atoms with Gasteiger partial charge in [0.05, 0.1) is 7.11 Å². The molecule has 1 saturated carbocycles. The average molecular weight is 345 g/mol. The second-order valence-electron chi connectivity index (χ2n) is 7.05. The van der Waals surface area contributed by atoms with Gasteiger partial charge in [0, 0.05) is 12.6 Å². The van der Waals surface area contributed by atoms with Crippen LogP contribution in [-0.2, 0) is 16.1 Å². The number of hydrogen-bond acceptors (Lipinski definition) is 4. The van der Waals surface area contributed by atoms with Crippen LogP contribution in [0.2, 0.25) is 0 Å². The molecule has 0 aromatic heterocycles. The molecule has 0 atom stereocenters. The monoisotopic (exact) mass is 345 g/mol. The third-order valence-corrected chi connectivity index (χ3v) is 4.56. The fourth-order valence-corrected chi connectivity index (χ4v) is 2.92. The van der Waals surface area contributed by atoms with Crippen molar-refractivity contribution in [1.82, 2.24) is 15.1 Å². The van der Waals surface area contributed by atoms with Crippen molar-refractivity contribution in [3.8, 4) is 5.75 Å². The molecular weight excluding hydrogens is 322 g/mol. The summed E-state index contributed by atoms with van der Waals surface area (Å²) < 4.78 is 5.14. The lowest BCUT2D eigenvalue weighted by atomic mass is 10.1. The van der Waals surface area contributed by atoms with Crippen molar-refractivity contribution in [3.05, 3.63) is 29.8 Å². The van der Waals surface area contributed by atoms with Gasteiger partial charge in [-0.05, 0) is 44.4 Å². The Morgan fingerprint density at radius 3 is 2.40 bits per heavy atom. The second-order valence-corrected chi connectivity index (χ2v) is 7.05. The van der Waals surface area contributed by atoms with E-state index >= 15 is 0 Å². The van der Waals surface area contributed by atoms with E-state index in [9.17, 15) is 14.4 Å². The van der Waals surface area contributed by atoms with E-state index in [1.807, 2.05) is 24.3 Å². The molecule has 0 bridgehead atoms. The van der Waals surface area contributed by atoms with E-state index in [1.54, 1.807) is 25.9 Å². The van der Waals surface area contributed by atoms with Gasteiger partial charge in [-0.15, -0.1) is 0 Å². The minimum atomic E-state index is -0.961. The number of ether oxygens (including phenoxy) is 1. The topological polar surface area (TPSA) is 79.0 Å². The number of rotatable bonds is 6.